The summed E-state index contributed by atoms with van der Waals surface area (Å²) in [5, 5.41) is 0. The first-order valence-electron chi connectivity index (χ1n) is 6.37. The number of fused-ring (bicyclic) bond motifs is 1. The Labute approximate surface area is 104 Å². The quantitative estimate of drug-likeness (QED) is 0.393. The molecule has 0 amide bonds. The average Bonchev–Trinajstić information content (AvgIpc) is 2.32. The second-order valence-corrected chi connectivity index (χ2v) is 6.36. The zero-order chi connectivity index (χ0) is 12.8. The van der Waals surface area contributed by atoms with Crippen molar-refractivity contribution in [1.82, 2.24) is 0 Å². The van der Waals surface area contributed by atoms with Gasteiger partial charge in [0.2, 0.25) is 0 Å². The molecule has 0 aromatic rings. The molecule has 94 valence electrons. The van der Waals surface area contributed by atoms with Gasteiger partial charge in [-0.1, -0.05) is 16.7 Å². The number of allylic oxidation sites excluding steroid dienone is 3. The molecule has 0 bridgehead atoms. The molecule has 0 saturated heterocycles. The van der Waals surface area contributed by atoms with Crippen molar-refractivity contribution in [2.24, 2.45) is 11.8 Å². The van der Waals surface area contributed by atoms with Crippen LogP contribution >= 0.6 is 0 Å². The van der Waals surface area contributed by atoms with Crippen molar-refractivity contribution in [3.63, 3.8) is 0 Å². The van der Waals surface area contributed by atoms with E-state index in [1.807, 2.05) is 20.8 Å². The molecule has 2 aliphatic carbocycles. The second-order valence-electron chi connectivity index (χ2n) is 6.36. The van der Waals surface area contributed by atoms with E-state index in [9.17, 15) is 4.79 Å². The Bertz CT molecular complexity index is 407. The number of hydrogen-bond acceptors (Lipinski definition) is 2. The lowest BCUT2D eigenvalue weighted by Crippen LogP contribution is -2.28. The molecule has 0 aromatic carbocycles. The van der Waals surface area contributed by atoms with E-state index in [4.69, 9.17) is 4.74 Å². The van der Waals surface area contributed by atoms with Gasteiger partial charge in [0.25, 0.3) is 0 Å². The molecule has 2 aliphatic rings. The fourth-order valence-corrected chi connectivity index (χ4v) is 2.96. The predicted octanol–water partition coefficient (Wildman–Crippen LogP) is 3.63. The predicted molar refractivity (Wildman–Crippen MR) is 68.5 cm³/mol. The summed E-state index contributed by atoms with van der Waals surface area (Å²) in [6.45, 7) is 10.1. The number of esters is 1. The van der Waals surface area contributed by atoms with E-state index in [0.29, 0.717) is 5.92 Å². The van der Waals surface area contributed by atoms with Crippen LogP contribution in [0.15, 0.2) is 22.8 Å². The van der Waals surface area contributed by atoms with Crippen molar-refractivity contribution < 1.29 is 9.53 Å². The second kappa shape index (κ2) is 4.01. The lowest BCUT2D eigenvalue weighted by molar-refractivity contribution is -0.148. The SMILES string of the molecule is CC1=C(C)[C@H]2C(=CC(=O)OC(C)(C)C)C[C@H]2C1. The first-order valence-corrected chi connectivity index (χ1v) is 6.37. The molecule has 0 aromatic heterocycles. The van der Waals surface area contributed by atoms with Gasteiger partial charge in [0, 0.05) is 12.0 Å². The smallest absolute Gasteiger partial charge is 0.331 e. The molecule has 2 atom stereocenters. The standard InChI is InChI=1S/C15H22O2/c1-9-6-11-7-12(14(11)10(9)2)8-13(16)17-15(3,4)5/h8,11,14H,6-7H2,1-5H3/t11-,14-/m1/s1. The monoisotopic (exact) mass is 234 g/mol. The summed E-state index contributed by atoms with van der Waals surface area (Å²) in [4.78, 5) is 11.7. The minimum absolute atomic E-state index is 0.191. The molecular weight excluding hydrogens is 212 g/mol. The summed E-state index contributed by atoms with van der Waals surface area (Å²) in [5.74, 6) is 1.09. The highest BCUT2D eigenvalue weighted by Gasteiger charge is 2.42. The molecule has 2 rings (SSSR count). The summed E-state index contributed by atoms with van der Waals surface area (Å²) in [6, 6.07) is 0. The Morgan fingerprint density at radius 2 is 1.94 bits per heavy atom. The largest absolute Gasteiger partial charge is 0.457 e. The van der Waals surface area contributed by atoms with Gasteiger partial charge in [-0.3, -0.25) is 0 Å². The highest BCUT2D eigenvalue weighted by atomic mass is 16.6. The first kappa shape index (κ1) is 12.4. The lowest BCUT2D eigenvalue weighted by atomic mass is 9.69. The van der Waals surface area contributed by atoms with E-state index >= 15 is 0 Å². The topological polar surface area (TPSA) is 26.3 Å². The van der Waals surface area contributed by atoms with Crippen LogP contribution < -0.4 is 0 Å². The molecule has 0 heterocycles. The van der Waals surface area contributed by atoms with Crippen molar-refractivity contribution in [2.75, 3.05) is 0 Å². The lowest BCUT2D eigenvalue weighted by Gasteiger charge is -2.36. The van der Waals surface area contributed by atoms with Gasteiger partial charge in [-0.2, -0.15) is 0 Å². The molecule has 1 saturated carbocycles. The maximum atomic E-state index is 11.7. The molecule has 2 heteroatoms. The maximum Gasteiger partial charge on any atom is 0.331 e. The van der Waals surface area contributed by atoms with Crippen LogP contribution in [0.3, 0.4) is 0 Å². The zero-order valence-corrected chi connectivity index (χ0v) is 11.5. The Hall–Kier alpha value is -1.05. The van der Waals surface area contributed by atoms with Crippen LogP contribution in [0.2, 0.25) is 0 Å². The van der Waals surface area contributed by atoms with Gasteiger partial charge in [0.05, 0.1) is 0 Å². The normalized spacial score (nSPS) is 30.3. The van der Waals surface area contributed by atoms with Gasteiger partial charge in [0.15, 0.2) is 0 Å². The molecule has 2 nitrogen and oxygen atoms in total. The molecule has 0 N–H and O–H groups in total. The fraction of sp³-hybridized carbons (Fsp3) is 0.667. The van der Waals surface area contributed by atoms with Gasteiger partial charge in [-0.25, -0.2) is 4.79 Å². The van der Waals surface area contributed by atoms with Crippen LogP contribution in [0.25, 0.3) is 0 Å². The molecule has 1 fully saturated rings. The summed E-state index contributed by atoms with van der Waals surface area (Å²) in [5.41, 5.74) is 3.84. The maximum absolute atomic E-state index is 11.7. The fourth-order valence-electron chi connectivity index (χ4n) is 2.96. The number of ether oxygens (including phenoxy) is 1. The third-order valence-corrected chi connectivity index (χ3v) is 3.79. The van der Waals surface area contributed by atoms with E-state index in [2.05, 4.69) is 13.8 Å². The Balaban J connectivity index is 2.04. The summed E-state index contributed by atoms with van der Waals surface area (Å²) < 4.78 is 5.32. The Kier molecular flexibility index (Phi) is 2.92. The van der Waals surface area contributed by atoms with Crippen LogP contribution in [0.5, 0.6) is 0 Å². The molecule has 0 aliphatic heterocycles. The minimum atomic E-state index is -0.395. The Morgan fingerprint density at radius 3 is 2.47 bits per heavy atom. The van der Waals surface area contributed by atoms with Gasteiger partial charge >= 0.3 is 5.97 Å². The van der Waals surface area contributed by atoms with E-state index < -0.39 is 5.60 Å². The number of rotatable bonds is 1. The van der Waals surface area contributed by atoms with Crippen molar-refractivity contribution >= 4 is 5.97 Å². The Morgan fingerprint density at radius 1 is 1.29 bits per heavy atom. The van der Waals surface area contributed by atoms with Crippen LogP contribution in [-0.2, 0) is 9.53 Å². The van der Waals surface area contributed by atoms with Crippen molar-refractivity contribution in [1.29, 1.82) is 0 Å². The van der Waals surface area contributed by atoms with Gasteiger partial charge in [-0.05, 0) is 53.4 Å². The number of carbonyl (C=O) groups excluding carboxylic acids is 1. The average molecular weight is 234 g/mol. The summed E-state index contributed by atoms with van der Waals surface area (Å²) in [6.07, 6.45) is 4.00. The minimum Gasteiger partial charge on any atom is -0.457 e. The summed E-state index contributed by atoms with van der Waals surface area (Å²) in [7, 11) is 0. The zero-order valence-electron chi connectivity index (χ0n) is 11.5. The number of carbonyl (C=O) groups is 1. The van der Waals surface area contributed by atoms with E-state index in [0.717, 1.165) is 12.3 Å². The third-order valence-electron chi connectivity index (χ3n) is 3.79. The summed E-state index contributed by atoms with van der Waals surface area (Å²) >= 11 is 0. The van der Waals surface area contributed by atoms with Gasteiger partial charge in [-0.15, -0.1) is 0 Å². The van der Waals surface area contributed by atoms with Crippen molar-refractivity contribution in [3.05, 3.63) is 22.8 Å². The van der Waals surface area contributed by atoms with E-state index in [1.54, 1.807) is 6.08 Å². The van der Waals surface area contributed by atoms with Crippen molar-refractivity contribution in [3.8, 4) is 0 Å². The van der Waals surface area contributed by atoms with Crippen LogP contribution in [0.4, 0.5) is 0 Å². The van der Waals surface area contributed by atoms with Crippen molar-refractivity contribution in [2.45, 2.75) is 53.1 Å². The highest BCUT2D eigenvalue weighted by molar-refractivity contribution is 5.83. The number of hydrogen-bond donors (Lipinski definition) is 0. The molecule has 0 spiro atoms. The molecule has 17 heavy (non-hydrogen) atoms. The molecule has 0 radical (unpaired) electrons. The van der Waals surface area contributed by atoms with Gasteiger partial charge < -0.3 is 4.74 Å². The first-order chi connectivity index (χ1) is 7.78. The molecule has 0 unspecified atom stereocenters. The van der Waals surface area contributed by atoms with E-state index in [1.165, 1.54) is 23.1 Å². The van der Waals surface area contributed by atoms with Gasteiger partial charge in [0.1, 0.15) is 5.60 Å². The van der Waals surface area contributed by atoms with Crippen LogP contribution in [0.1, 0.15) is 47.5 Å². The van der Waals surface area contributed by atoms with Crippen LogP contribution in [-0.4, -0.2) is 11.6 Å². The highest BCUT2D eigenvalue weighted by Crippen LogP contribution is 2.53. The third kappa shape index (κ3) is 2.46. The molecular formula is C15H22O2. The van der Waals surface area contributed by atoms with E-state index in [-0.39, 0.29) is 5.97 Å². The van der Waals surface area contributed by atoms with Crippen LogP contribution in [0, 0.1) is 11.8 Å².